The summed E-state index contributed by atoms with van der Waals surface area (Å²) in [5, 5.41) is 14.9. The van der Waals surface area contributed by atoms with E-state index in [0.29, 0.717) is 64.5 Å². The number of esters is 1. The van der Waals surface area contributed by atoms with Crippen molar-refractivity contribution in [2.24, 2.45) is 5.41 Å². The van der Waals surface area contributed by atoms with Gasteiger partial charge in [0, 0.05) is 94.8 Å². The van der Waals surface area contributed by atoms with Crippen molar-refractivity contribution < 1.29 is 43.2 Å². The number of anilines is 1. The Hall–Kier alpha value is -5.07. The maximum absolute atomic E-state index is 14.1. The first-order valence-electron chi connectivity index (χ1n) is 23.9. The quantitative estimate of drug-likeness (QED) is 0.159. The van der Waals surface area contributed by atoms with Gasteiger partial charge < -0.3 is 38.8 Å². The highest BCUT2D eigenvalue weighted by Crippen LogP contribution is 2.43. The van der Waals surface area contributed by atoms with Gasteiger partial charge in [0.05, 0.1) is 55.2 Å². The van der Waals surface area contributed by atoms with E-state index in [4.69, 9.17) is 23.9 Å². The number of piperazine rings is 1. The van der Waals surface area contributed by atoms with Crippen LogP contribution in [0.5, 0.6) is 0 Å². The van der Waals surface area contributed by atoms with E-state index in [9.17, 15) is 24.3 Å². The minimum absolute atomic E-state index is 0.187. The van der Waals surface area contributed by atoms with E-state index in [1.807, 2.05) is 13.1 Å². The van der Waals surface area contributed by atoms with Gasteiger partial charge >= 0.3 is 18.0 Å². The summed E-state index contributed by atoms with van der Waals surface area (Å²) in [6.45, 7) is 22.9. The average molecular weight is 929 g/mol. The number of alkyl carbamates (subject to hydrolysis) is 1. The Morgan fingerprint density at radius 3 is 2.57 bits per heavy atom. The minimum atomic E-state index is -1.03. The summed E-state index contributed by atoms with van der Waals surface area (Å²) in [5.74, 6) is -1.78. The molecule has 0 aliphatic carbocycles. The number of hydrazine groups is 1. The van der Waals surface area contributed by atoms with Crippen LogP contribution < -0.4 is 15.6 Å². The van der Waals surface area contributed by atoms with Crippen LogP contribution in [0, 0.1) is 5.41 Å². The monoisotopic (exact) mass is 929 g/mol. The fourth-order valence-electron chi connectivity index (χ4n) is 9.88. The predicted octanol–water partition coefficient (Wildman–Crippen LogP) is 5.65. The number of aromatic nitrogens is 2. The van der Waals surface area contributed by atoms with E-state index in [1.165, 1.54) is 11.9 Å². The Morgan fingerprint density at radius 2 is 1.85 bits per heavy atom. The van der Waals surface area contributed by atoms with Crippen LogP contribution in [0.3, 0.4) is 0 Å². The molecule has 17 nitrogen and oxygen atoms in total. The summed E-state index contributed by atoms with van der Waals surface area (Å²) in [4.78, 5) is 63.6. The third-order valence-electron chi connectivity index (χ3n) is 13.3. The number of amides is 2. The van der Waals surface area contributed by atoms with Gasteiger partial charge in [-0.2, -0.15) is 0 Å². The number of ether oxygens (including phenoxy) is 4. The van der Waals surface area contributed by atoms with Crippen molar-refractivity contribution in [2.45, 2.75) is 117 Å². The van der Waals surface area contributed by atoms with Gasteiger partial charge in [0.1, 0.15) is 17.7 Å². The number of hydrogen-bond acceptors (Lipinski definition) is 13. The Bertz CT molecular complexity index is 2320. The molecule has 3 saturated heterocycles. The van der Waals surface area contributed by atoms with E-state index in [2.05, 4.69) is 81.1 Å². The van der Waals surface area contributed by atoms with E-state index in [0.717, 1.165) is 83.0 Å². The van der Waals surface area contributed by atoms with Crippen LogP contribution in [0.15, 0.2) is 36.5 Å². The molecule has 0 spiro atoms. The van der Waals surface area contributed by atoms with Crippen molar-refractivity contribution in [3.8, 4) is 11.3 Å². The Kier molecular flexibility index (Phi) is 15.7. The lowest BCUT2D eigenvalue weighted by Crippen LogP contribution is -2.62. The van der Waals surface area contributed by atoms with Crippen LogP contribution in [0.2, 0.25) is 0 Å². The molecule has 2 unspecified atom stereocenters. The van der Waals surface area contributed by atoms with Crippen molar-refractivity contribution in [1.82, 2.24) is 35.1 Å². The fourth-order valence-corrected chi connectivity index (χ4v) is 9.88. The van der Waals surface area contributed by atoms with Gasteiger partial charge in [-0.1, -0.05) is 26.0 Å². The molecule has 0 bridgehead atoms. The summed E-state index contributed by atoms with van der Waals surface area (Å²) in [6.07, 6.45) is 5.43. The molecule has 366 valence electrons. The minimum Gasteiger partial charge on any atom is -0.480 e. The number of carboxylic acid groups (broad SMARTS) is 1. The SMILES string of the molecule is CCn1c(-c2cc(N3CCN4CCOC[C@@H]4C3)cnc2C(C)OC)c(CC(C)(C)COC(C)=O)c2cc(C3=CCCN(CC(NC(=O)OC(C)(C)C)C(=O)N4CCC[C@@H](C(=O)O)N4)C3)ccc21. The predicted molar refractivity (Wildman–Crippen MR) is 256 cm³/mol. The lowest BCUT2D eigenvalue weighted by molar-refractivity contribution is -0.148. The van der Waals surface area contributed by atoms with E-state index in [-0.39, 0.29) is 25.2 Å². The van der Waals surface area contributed by atoms with Gasteiger partial charge in [-0.05, 0) is 95.2 Å². The zero-order chi connectivity index (χ0) is 48.2. The molecule has 17 heteroatoms. The average Bonchev–Trinajstić information content (AvgIpc) is 3.60. The molecule has 1 aromatic carbocycles. The second-order valence-corrected chi connectivity index (χ2v) is 20.2. The summed E-state index contributed by atoms with van der Waals surface area (Å²) >= 11 is 0. The third-order valence-corrected chi connectivity index (χ3v) is 13.3. The number of nitrogens with one attached hydrogen (secondary N) is 2. The number of nitrogens with zero attached hydrogens (tertiary/aromatic N) is 6. The standard InChI is InChI=1S/C50H72N8O9/c1-10-57-43-16-15-34(35-13-11-17-54(27-35)29-42(52-48(63)67-49(4,5)6)46(60)58-18-12-14-41(53-58)47(61)62)23-38(43)40(25-50(7,8)31-66-33(3)59)45(57)39-24-36(26-51-44(39)32(2)64-9)56-20-19-55-21-22-65-30-37(55)28-56/h13,15-16,23-24,26,32,37,41-42,53H,10-12,14,17-22,25,27-31H2,1-9H3,(H,52,63)(H,61,62)/t32?,37-,41-,42?/m0/s1. The highest BCUT2D eigenvalue weighted by atomic mass is 16.6. The van der Waals surface area contributed by atoms with Crippen molar-refractivity contribution in [3.05, 3.63) is 53.4 Å². The largest absolute Gasteiger partial charge is 0.480 e. The number of hydrogen-bond donors (Lipinski definition) is 3. The Labute approximate surface area is 395 Å². The number of morpholine rings is 1. The second kappa shape index (κ2) is 21.1. The van der Waals surface area contributed by atoms with Gasteiger partial charge in [-0.25, -0.2) is 10.2 Å². The number of rotatable bonds is 15. The maximum atomic E-state index is 14.1. The number of methoxy groups -OCH3 is 1. The second-order valence-electron chi connectivity index (χ2n) is 20.2. The number of aliphatic carboxylic acids is 1. The van der Waals surface area contributed by atoms with Crippen LogP contribution in [-0.4, -0.2) is 156 Å². The summed E-state index contributed by atoms with van der Waals surface area (Å²) in [5.41, 5.74) is 9.90. The smallest absolute Gasteiger partial charge is 0.408 e. The van der Waals surface area contributed by atoms with Crippen LogP contribution in [0.1, 0.15) is 97.6 Å². The van der Waals surface area contributed by atoms with Gasteiger partial charge in [0.15, 0.2) is 0 Å². The molecule has 2 amide bonds. The van der Waals surface area contributed by atoms with Crippen LogP contribution >= 0.6 is 0 Å². The molecular formula is C50H72N8O9. The molecule has 2 aromatic heterocycles. The third kappa shape index (κ3) is 12.0. The summed E-state index contributed by atoms with van der Waals surface area (Å²) in [6, 6.07) is 7.31. The number of benzene rings is 1. The maximum Gasteiger partial charge on any atom is 0.408 e. The zero-order valence-electron chi connectivity index (χ0n) is 41.0. The summed E-state index contributed by atoms with van der Waals surface area (Å²) < 4.78 is 25.5. The number of fused-ring (bicyclic) bond motifs is 2. The van der Waals surface area contributed by atoms with E-state index in [1.54, 1.807) is 27.9 Å². The first-order chi connectivity index (χ1) is 31.8. The van der Waals surface area contributed by atoms with Gasteiger partial charge in [0.2, 0.25) is 0 Å². The van der Waals surface area contributed by atoms with E-state index < -0.39 is 41.1 Å². The lowest BCUT2D eigenvalue weighted by Gasteiger charge is -2.44. The molecule has 7 rings (SSSR count). The molecule has 3 aromatic rings. The molecule has 3 fully saturated rings. The van der Waals surface area contributed by atoms with Crippen LogP contribution in [0.25, 0.3) is 27.7 Å². The number of aryl methyl sites for hydroxylation is 1. The number of carboxylic acids is 1. The molecule has 4 aliphatic rings. The molecule has 3 N–H and O–H groups in total. The van der Waals surface area contributed by atoms with Crippen LogP contribution in [-0.2, 0) is 46.3 Å². The zero-order valence-corrected chi connectivity index (χ0v) is 41.0. The summed E-state index contributed by atoms with van der Waals surface area (Å²) in [7, 11) is 1.71. The number of carbonyl (C=O) groups excluding carboxylic acids is 3. The van der Waals surface area contributed by atoms with Crippen molar-refractivity contribution in [2.75, 3.05) is 84.2 Å². The number of pyridine rings is 1. The van der Waals surface area contributed by atoms with Gasteiger partial charge in [-0.3, -0.25) is 34.2 Å². The van der Waals surface area contributed by atoms with Gasteiger partial charge in [-0.15, -0.1) is 0 Å². The topological polar surface area (TPSA) is 180 Å². The van der Waals surface area contributed by atoms with Gasteiger partial charge in [0.25, 0.3) is 5.91 Å². The first-order valence-corrected chi connectivity index (χ1v) is 23.9. The molecule has 6 heterocycles. The molecule has 0 saturated carbocycles. The highest BCUT2D eigenvalue weighted by molar-refractivity contribution is 5.95. The van der Waals surface area contributed by atoms with E-state index >= 15 is 0 Å². The fraction of sp³-hybridized carbons (Fsp3) is 0.620. The van der Waals surface area contributed by atoms with Crippen molar-refractivity contribution in [3.63, 3.8) is 0 Å². The molecule has 0 radical (unpaired) electrons. The molecular weight excluding hydrogens is 857 g/mol. The molecule has 4 atom stereocenters. The Morgan fingerprint density at radius 1 is 1.06 bits per heavy atom. The Balaban J connectivity index is 1.26. The molecule has 4 aliphatic heterocycles. The highest BCUT2D eigenvalue weighted by Gasteiger charge is 2.36. The van der Waals surface area contributed by atoms with Crippen LogP contribution in [0.4, 0.5) is 10.5 Å². The number of carbonyl (C=O) groups is 4. The first kappa shape index (κ1) is 49.8. The molecule has 67 heavy (non-hydrogen) atoms. The normalized spacial score (nSPS) is 20.8. The van der Waals surface area contributed by atoms with Crippen molar-refractivity contribution >= 4 is 46.1 Å². The lowest BCUT2D eigenvalue weighted by atomic mass is 9.84. The van der Waals surface area contributed by atoms with Crippen molar-refractivity contribution in [1.29, 1.82) is 0 Å².